The van der Waals surface area contributed by atoms with E-state index in [2.05, 4.69) is 18.3 Å². The molecule has 2 aromatic rings. The van der Waals surface area contributed by atoms with Crippen LogP contribution in [0, 0.1) is 20.8 Å². The van der Waals surface area contributed by atoms with Crippen LogP contribution in [0.4, 0.5) is 0 Å². The number of amides is 1. The highest BCUT2D eigenvalue weighted by atomic mass is 16.5. The third kappa shape index (κ3) is 4.74. The van der Waals surface area contributed by atoms with Crippen LogP contribution in [-0.4, -0.2) is 19.6 Å². The third-order valence-corrected chi connectivity index (χ3v) is 3.80. The van der Waals surface area contributed by atoms with Gasteiger partial charge in [0.15, 0.2) is 6.61 Å². The van der Waals surface area contributed by atoms with Gasteiger partial charge >= 0.3 is 0 Å². The fraction of sp³-hybridized carbons (Fsp3) is 0.316. The van der Waals surface area contributed by atoms with Crippen LogP contribution in [0.15, 0.2) is 36.4 Å². The normalized spacial score (nSPS) is 10.3. The minimum atomic E-state index is -0.140. The molecule has 23 heavy (non-hydrogen) atoms. The topological polar surface area (TPSA) is 47.6 Å². The van der Waals surface area contributed by atoms with Gasteiger partial charge in [0, 0.05) is 6.54 Å². The lowest BCUT2D eigenvalue weighted by molar-refractivity contribution is -0.123. The molecule has 122 valence electrons. The van der Waals surface area contributed by atoms with Gasteiger partial charge in [-0.15, -0.1) is 0 Å². The Morgan fingerprint density at radius 3 is 2.30 bits per heavy atom. The Kier molecular flexibility index (Phi) is 5.63. The van der Waals surface area contributed by atoms with Crippen molar-refractivity contribution in [2.24, 2.45) is 0 Å². The fourth-order valence-corrected chi connectivity index (χ4v) is 2.23. The molecule has 0 aliphatic heterocycles. The minimum absolute atomic E-state index is 0.0134. The number of rotatable bonds is 6. The number of hydrogen-bond acceptors (Lipinski definition) is 3. The molecule has 0 heterocycles. The van der Waals surface area contributed by atoms with Crippen LogP contribution in [0.1, 0.15) is 22.3 Å². The molecule has 0 atom stereocenters. The Balaban J connectivity index is 1.84. The number of nitrogens with one attached hydrogen (secondary N) is 1. The number of aryl methyl sites for hydroxylation is 3. The van der Waals surface area contributed by atoms with Crippen LogP contribution in [0.3, 0.4) is 0 Å². The summed E-state index contributed by atoms with van der Waals surface area (Å²) in [7, 11) is 1.63. The second-order valence-electron chi connectivity index (χ2n) is 5.62. The Hall–Kier alpha value is -2.49. The zero-order valence-corrected chi connectivity index (χ0v) is 14.1. The van der Waals surface area contributed by atoms with Crippen molar-refractivity contribution in [3.05, 3.63) is 58.7 Å². The first kappa shape index (κ1) is 16.9. The van der Waals surface area contributed by atoms with Crippen LogP contribution >= 0.6 is 0 Å². The van der Waals surface area contributed by atoms with Gasteiger partial charge in [-0.2, -0.15) is 0 Å². The second-order valence-corrected chi connectivity index (χ2v) is 5.62. The summed E-state index contributed by atoms with van der Waals surface area (Å²) in [5.41, 5.74) is 4.43. The Morgan fingerprint density at radius 1 is 1.00 bits per heavy atom. The second kappa shape index (κ2) is 7.68. The van der Waals surface area contributed by atoms with Crippen molar-refractivity contribution >= 4 is 5.91 Å². The molecule has 2 aromatic carbocycles. The first-order chi connectivity index (χ1) is 11.0. The molecule has 1 N–H and O–H groups in total. The standard InChI is InChI=1S/C19H23NO3/c1-13-9-15(3)18(10-14(13)2)23-12-19(21)20-11-16-5-7-17(22-4)8-6-16/h5-10H,11-12H2,1-4H3,(H,20,21). The molecule has 0 unspecified atom stereocenters. The molecule has 1 amide bonds. The van der Waals surface area contributed by atoms with Crippen molar-refractivity contribution in [2.45, 2.75) is 27.3 Å². The van der Waals surface area contributed by atoms with Gasteiger partial charge in [0.1, 0.15) is 11.5 Å². The molecule has 0 spiro atoms. The Bertz CT molecular complexity index is 678. The molecule has 0 aliphatic rings. The van der Waals surface area contributed by atoms with E-state index in [1.54, 1.807) is 7.11 Å². The fourth-order valence-electron chi connectivity index (χ4n) is 2.23. The van der Waals surface area contributed by atoms with Gasteiger partial charge in [-0.1, -0.05) is 18.2 Å². The van der Waals surface area contributed by atoms with Crippen molar-refractivity contribution < 1.29 is 14.3 Å². The van der Waals surface area contributed by atoms with Gasteiger partial charge in [0.25, 0.3) is 5.91 Å². The highest BCUT2D eigenvalue weighted by Gasteiger charge is 2.07. The first-order valence-electron chi connectivity index (χ1n) is 7.60. The first-order valence-corrected chi connectivity index (χ1v) is 7.60. The quantitative estimate of drug-likeness (QED) is 0.890. The van der Waals surface area contributed by atoms with Crippen molar-refractivity contribution in [1.82, 2.24) is 5.32 Å². The maximum absolute atomic E-state index is 11.9. The number of carbonyl (C=O) groups excluding carboxylic acids is 1. The van der Waals surface area contributed by atoms with Crippen molar-refractivity contribution in [3.63, 3.8) is 0 Å². The van der Waals surface area contributed by atoms with Crippen LogP contribution in [-0.2, 0) is 11.3 Å². The van der Waals surface area contributed by atoms with E-state index < -0.39 is 0 Å². The van der Waals surface area contributed by atoms with E-state index in [4.69, 9.17) is 9.47 Å². The third-order valence-electron chi connectivity index (χ3n) is 3.80. The van der Waals surface area contributed by atoms with Crippen molar-refractivity contribution in [2.75, 3.05) is 13.7 Å². The maximum Gasteiger partial charge on any atom is 0.258 e. The summed E-state index contributed by atoms with van der Waals surface area (Å²) in [5, 5.41) is 2.85. The summed E-state index contributed by atoms with van der Waals surface area (Å²) >= 11 is 0. The van der Waals surface area contributed by atoms with Crippen molar-refractivity contribution in [3.8, 4) is 11.5 Å². The smallest absolute Gasteiger partial charge is 0.258 e. The molecule has 0 fully saturated rings. The monoisotopic (exact) mass is 313 g/mol. The Morgan fingerprint density at radius 2 is 1.65 bits per heavy atom. The largest absolute Gasteiger partial charge is 0.497 e. The number of carbonyl (C=O) groups is 1. The van der Waals surface area contributed by atoms with E-state index in [1.807, 2.05) is 44.2 Å². The van der Waals surface area contributed by atoms with E-state index in [9.17, 15) is 4.79 Å². The number of benzene rings is 2. The molecule has 0 saturated heterocycles. The molecule has 4 nitrogen and oxygen atoms in total. The van der Waals surface area contributed by atoms with E-state index in [0.29, 0.717) is 6.54 Å². The summed E-state index contributed by atoms with van der Waals surface area (Å²) in [5.74, 6) is 1.42. The van der Waals surface area contributed by atoms with Gasteiger partial charge in [-0.05, 0) is 61.2 Å². The van der Waals surface area contributed by atoms with E-state index >= 15 is 0 Å². The summed E-state index contributed by atoms with van der Waals surface area (Å²) in [6.45, 7) is 6.56. The number of hydrogen-bond donors (Lipinski definition) is 1. The summed E-state index contributed by atoms with van der Waals surface area (Å²) in [6.07, 6.45) is 0. The van der Waals surface area contributed by atoms with Gasteiger partial charge in [0.2, 0.25) is 0 Å². The molecular weight excluding hydrogens is 290 g/mol. The lowest BCUT2D eigenvalue weighted by Crippen LogP contribution is -2.28. The number of methoxy groups -OCH3 is 1. The van der Waals surface area contributed by atoms with Crippen LogP contribution < -0.4 is 14.8 Å². The molecule has 0 radical (unpaired) electrons. The van der Waals surface area contributed by atoms with Crippen LogP contribution in [0.2, 0.25) is 0 Å². The Labute approximate surface area is 137 Å². The highest BCUT2D eigenvalue weighted by Crippen LogP contribution is 2.22. The zero-order chi connectivity index (χ0) is 16.8. The molecule has 0 saturated carbocycles. The molecule has 0 aliphatic carbocycles. The maximum atomic E-state index is 11.9. The molecule has 0 bridgehead atoms. The minimum Gasteiger partial charge on any atom is -0.497 e. The van der Waals surface area contributed by atoms with Crippen molar-refractivity contribution in [1.29, 1.82) is 0 Å². The van der Waals surface area contributed by atoms with Gasteiger partial charge < -0.3 is 14.8 Å². The predicted octanol–water partition coefficient (Wildman–Crippen LogP) is 3.32. The van der Waals surface area contributed by atoms with Gasteiger partial charge in [-0.25, -0.2) is 0 Å². The molecule has 2 rings (SSSR count). The molecular formula is C19H23NO3. The van der Waals surface area contributed by atoms with E-state index in [1.165, 1.54) is 5.56 Å². The highest BCUT2D eigenvalue weighted by molar-refractivity contribution is 5.77. The average molecular weight is 313 g/mol. The summed E-state index contributed by atoms with van der Waals surface area (Å²) in [6, 6.07) is 11.6. The van der Waals surface area contributed by atoms with E-state index in [0.717, 1.165) is 28.2 Å². The van der Waals surface area contributed by atoms with Gasteiger partial charge in [-0.3, -0.25) is 4.79 Å². The summed E-state index contributed by atoms with van der Waals surface area (Å²) < 4.78 is 10.7. The lowest BCUT2D eigenvalue weighted by atomic mass is 10.1. The predicted molar refractivity (Wildman–Crippen MR) is 91.0 cm³/mol. The van der Waals surface area contributed by atoms with Gasteiger partial charge in [0.05, 0.1) is 7.11 Å². The SMILES string of the molecule is COc1ccc(CNC(=O)COc2cc(C)c(C)cc2C)cc1. The van der Waals surface area contributed by atoms with E-state index in [-0.39, 0.29) is 12.5 Å². The van der Waals surface area contributed by atoms with Crippen LogP contribution in [0.25, 0.3) is 0 Å². The lowest BCUT2D eigenvalue weighted by Gasteiger charge is -2.12. The molecule has 4 heteroatoms. The average Bonchev–Trinajstić information content (AvgIpc) is 2.55. The van der Waals surface area contributed by atoms with Crippen LogP contribution in [0.5, 0.6) is 11.5 Å². The summed E-state index contributed by atoms with van der Waals surface area (Å²) in [4.78, 5) is 11.9. The zero-order valence-electron chi connectivity index (χ0n) is 14.1. The molecule has 0 aromatic heterocycles. The number of ether oxygens (including phenoxy) is 2.